The highest BCUT2D eigenvalue weighted by atomic mass is 16.5. The molecule has 1 atom stereocenters. The molecule has 2 aromatic heterocycles. The first-order valence-electron chi connectivity index (χ1n) is 8.07. The third-order valence-corrected chi connectivity index (χ3v) is 4.02. The van der Waals surface area contributed by atoms with Crippen LogP contribution in [0.25, 0.3) is 0 Å². The minimum atomic E-state index is -0.0366. The number of amides is 1. The predicted octanol–water partition coefficient (Wildman–Crippen LogP) is 0.967. The molecule has 9 heteroatoms. The summed E-state index contributed by atoms with van der Waals surface area (Å²) in [5, 5.41) is 8.12. The highest BCUT2D eigenvalue weighted by Crippen LogP contribution is 2.22. The number of aryl methyl sites for hydroxylation is 3. The van der Waals surface area contributed by atoms with Gasteiger partial charge in [0.2, 0.25) is 5.91 Å². The summed E-state index contributed by atoms with van der Waals surface area (Å²) < 4.78 is 12.3. The number of likely N-dealkylation sites (tertiary alicyclic amines) is 1. The van der Waals surface area contributed by atoms with Crippen LogP contribution in [0.5, 0.6) is 0 Å². The molecule has 0 spiro atoms. The number of aromatic nitrogens is 5. The summed E-state index contributed by atoms with van der Waals surface area (Å²) in [6, 6.07) is 0.169. The molecule has 2 aromatic rings. The summed E-state index contributed by atoms with van der Waals surface area (Å²) in [6.45, 7) is 7.07. The van der Waals surface area contributed by atoms with Crippen LogP contribution >= 0.6 is 0 Å². The molecule has 130 valence electrons. The number of nitrogens with zero attached hydrogens (tertiary/aromatic N) is 6. The van der Waals surface area contributed by atoms with E-state index in [2.05, 4.69) is 20.2 Å². The molecular weight excluding hydrogens is 312 g/mol. The molecule has 0 N–H and O–H groups in total. The van der Waals surface area contributed by atoms with Crippen LogP contribution in [0.1, 0.15) is 42.2 Å². The number of hydrogen-bond donors (Lipinski definition) is 0. The van der Waals surface area contributed by atoms with E-state index in [9.17, 15) is 4.79 Å². The summed E-state index contributed by atoms with van der Waals surface area (Å²) in [6.07, 6.45) is 1.94. The lowest BCUT2D eigenvalue weighted by atomic mass is 10.1. The van der Waals surface area contributed by atoms with Crippen molar-refractivity contribution in [2.75, 3.05) is 19.7 Å². The van der Waals surface area contributed by atoms with Gasteiger partial charge in [-0.05, 0) is 33.6 Å². The van der Waals surface area contributed by atoms with Gasteiger partial charge in [0.25, 0.3) is 5.89 Å². The van der Waals surface area contributed by atoms with Crippen molar-refractivity contribution in [2.24, 2.45) is 0 Å². The zero-order chi connectivity index (χ0) is 17.1. The maximum atomic E-state index is 12.3. The minimum absolute atomic E-state index is 0.00349. The lowest BCUT2D eigenvalue weighted by molar-refractivity contribution is -0.138. The monoisotopic (exact) mass is 334 g/mol. The van der Waals surface area contributed by atoms with Crippen LogP contribution in [0.2, 0.25) is 0 Å². The Hall–Kier alpha value is -2.29. The smallest absolute Gasteiger partial charge is 0.252 e. The Bertz CT molecular complexity index is 710. The zero-order valence-electron chi connectivity index (χ0n) is 14.2. The van der Waals surface area contributed by atoms with Crippen molar-refractivity contribution in [1.82, 2.24) is 29.8 Å². The Morgan fingerprint density at radius 1 is 1.29 bits per heavy atom. The highest BCUT2D eigenvalue weighted by Gasteiger charge is 2.26. The summed E-state index contributed by atoms with van der Waals surface area (Å²) >= 11 is 0. The molecule has 1 amide bonds. The first-order chi connectivity index (χ1) is 11.5. The van der Waals surface area contributed by atoms with Crippen molar-refractivity contribution >= 4 is 5.91 Å². The molecule has 1 aliphatic heterocycles. The second-order valence-corrected chi connectivity index (χ2v) is 6.01. The fraction of sp³-hybridized carbons (Fsp3) is 0.667. The number of carbonyl (C=O) groups is 1. The van der Waals surface area contributed by atoms with Gasteiger partial charge in [0.1, 0.15) is 24.9 Å². The van der Waals surface area contributed by atoms with Crippen LogP contribution < -0.4 is 0 Å². The fourth-order valence-corrected chi connectivity index (χ4v) is 2.98. The molecule has 3 heterocycles. The molecule has 0 bridgehead atoms. The van der Waals surface area contributed by atoms with Gasteiger partial charge in [-0.15, -0.1) is 0 Å². The number of hydrogen-bond acceptors (Lipinski definition) is 7. The van der Waals surface area contributed by atoms with Gasteiger partial charge in [-0.2, -0.15) is 10.1 Å². The van der Waals surface area contributed by atoms with Crippen LogP contribution in [-0.4, -0.2) is 55.4 Å². The van der Waals surface area contributed by atoms with Crippen LogP contribution in [0.15, 0.2) is 4.52 Å². The average molecular weight is 334 g/mol. The van der Waals surface area contributed by atoms with E-state index in [1.807, 2.05) is 23.4 Å². The quantitative estimate of drug-likeness (QED) is 0.803. The van der Waals surface area contributed by atoms with Gasteiger partial charge >= 0.3 is 0 Å². The van der Waals surface area contributed by atoms with Crippen molar-refractivity contribution in [3.05, 3.63) is 23.4 Å². The van der Waals surface area contributed by atoms with Crippen LogP contribution in [-0.2, 0) is 16.1 Å². The Morgan fingerprint density at radius 2 is 2.12 bits per heavy atom. The molecule has 0 aromatic carbocycles. The van der Waals surface area contributed by atoms with Crippen molar-refractivity contribution in [3.8, 4) is 0 Å². The Labute approximate surface area is 140 Å². The van der Waals surface area contributed by atoms with Crippen molar-refractivity contribution in [3.63, 3.8) is 0 Å². The van der Waals surface area contributed by atoms with Gasteiger partial charge in [0, 0.05) is 13.1 Å². The first kappa shape index (κ1) is 16.6. The molecule has 9 nitrogen and oxygen atoms in total. The molecule has 0 saturated carbocycles. The predicted molar refractivity (Wildman–Crippen MR) is 83.0 cm³/mol. The van der Waals surface area contributed by atoms with Crippen molar-refractivity contribution in [1.29, 1.82) is 0 Å². The summed E-state index contributed by atoms with van der Waals surface area (Å²) in [4.78, 5) is 22.6. The number of carbonyl (C=O) groups excluding carboxylic acids is 1. The minimum Gasteiger partial charge on any atom is -0.362 e. The van der Waals surface area contributed by atoms with Gasteiger partial charge < -0.3 is 14.2 Å². The molecule has 3 rings (SSSR count). The molecular formula is C15H22N6O3. The molecule has 0 unspecified atom stereocenters. The van der Waals surface area contributed by atoms with Gasteiger partial charge in [0.15, 0.2) is 5.82 Å². The van der Waals surface area contributed by atoms with E-state index >= 15 is 0 Å². The van der Waals surface area contributed by atoms with Crippen LogP contribution in [0.3, 0.4) is 0 Å². The Kier molecular flexibility index (Phi) is 4.89. The fourth-order valence-electron chi connectivity index (χ4n) is 2.98. The second kappa shape index (κ2) is 7.08. The maximum Gasteiger partial charge on any atom is 0.252 e. The molecule has 0 radical (unpaired) electrons. The van der Waals surface area contributed by atoms with E-state index in [0.717, 1.165) is 31.0 Å². The number of piperidine rings is 1. The third-order valence-electron chi connectivity index (χ3n) is 4.02. The highest BCUT2D eigenvalue weighted by molar-refractivity contribution is 5.77. The standard InChI is InChI=1S/C15H22N6O3/c1-10-16-12(3)21(18-10)13-5-4-6-20(7-13)15(22)9-23-8-14-17-11(2)19-24-14/h13H,4-9H2,1-3H3/t13-/m0/s1. The summed E-state index contributed by atoms with van der Waals surface area (Å²) in [5.41, 5.74) is 0. The Balaban J connectivity index is 1.52. The number of ether oxygens (including phenoxy) is 1. The van der Waals surface area contributed by atoms with E-state index < -0.39 is 0 Å². The molecule has 1 fully saturated rings. The van der Waals surface area contributed by atoms with Crippen molar-refractivity contribution in [2.45, 2.75) is 46.3 Å². The van der Waals surface area contributed by atoms with E-state index in [0.29, 0.717) is 18.3 Å². The molecule has 1 saturated heterocycles. The van der Waals surface area contributed by atoms with E-state index in [4.69, 9.17) is 9.26 Å². The van der Waals surface area contributed by atoms with E-state index in [1.54, 1.807) is 6.92 Å². The third kappa shape index (κ3) is 3.78. The summed E-state index contributed by atoms with van der Waals surface area (Å²) in [7, 11) is 0. The maximum absolute atomic E-state index is 12.3. The lowest BCUT2D eigenvalue weighted by Crippen LogP contribution is -2.42. The Morgan fingerprint density at radius 3 is 2.79 bits per heavy atom. The normalized spacial score (nSPS) is 18.1. The topological polar surface area (TPSA) is 99.2 Å². The van der Waals surface area contributed by atoms with Gasteiger partial charge in [-0.1, -0.05) is 5.16 Å². The SMILES string of the molecule is Cc1noc(COCC(=O)N2CCC[C@H](n3nc(C)nc3C)C2)n1. The van der Waals surface area contributed by atoms with Crippen molar-refractivity contribution < 1.29 is 14.1 Å². The van der Waals surface area contributed by atoms with Gasteiger partial charge in [-0.25, -0.2) is 9.67 Å². The van der Waals surface area contributed by atoms with Crippen LogP contribution in [0.4, 0.5) is 0 Å². The first-order valence-corrected chi connectivity index (χ1v) is 8.07. The summed E-state index contributed by atoms with van der Waals surface area (Å²) in [5.74, 6) is 2.54. The number of rotatable bonds is 5. The second-order valence-electron chi connectivity index (χ2n) is 6.01. The average Bonchev–Trinajstić information content (AvgIpc) is 3.12. The van der Waals surface area contributed by atoms with Gasteiger partial charge in [0.05, 0.1) is 6.04 Å². The lowest BCUT2D eigenvalue weighted by Gasteiger charge is -2.33. The van der Waals surface area contributed by atoms with Gasteiger partial charge in [-0.3, -0.25) is 4.79 Å². The largest absolute Gasteiger partial charge is 0.362 e. The molecule has 1 aliphatic rings. The van der Waals surface area contributed by atoms with E-state index in [-0.39, 0.29) is 25.2 Å². The van der Waals surface area contributed by atoms with Crippen LogP contribution in [0, 0.1) is 20.8 Å². The molecule has 0 aliphatic carbocycles. The molecule has 24 heavy (non-hydrogen) atoms. The van der Waals surface area contributed by atoms with E-state index in [1.165, 1.54) is 0 Å². The zero-order valence-corrected chi connectivity index (χ0v) is 14.2.